The molecule has 0 aliphatic carbocycles. The summed E-state index contributed by atoms with van der Waals surface area (Å²) in [6, 6.07) is -0.0898. The van der Waals surface area contributed by atoms with Gasteiger partial charge < -0.3 is 5.11 Å². The molecule has 2 fully saturated rings. The fourth-order valence-electron chi connectivity index (χ4n) is 2.84. The molecule has 1 N–H and O–H groups in total. The van der Waals surface area contributed by atoms with Crippen LogP contribution >= 0.6 is 0 Å². The first-order valence-corrected chi connectivity index (χ1v) is 7.09. The minimum absolute atomic E-state index is 0.0898. The van der Waals surface area contributed by atoms with Crippen molar-refractivity contribution < 1.29 is 22.5 Å². The highest BCUT2D eigenvalue weighted by molar-refractivity contribution is 7.86. The summed E-state index contributed by atoms with van der Waals surface area (Å²) in [4.78, 5) is 12.3. The number of fused-ring (bicyclic) bond motifs is 2. The van der Waals surface area contributed by atoms with E-state index in [1.165, 1.54) is 4.90 Å². The van der Waals surface area contributed by atoms with E-state index in [4.69, 9.17) is 9.29 Å². The number of piperidine rings is 1. The zero-order valence-electron chi connectivity index (χ0n) is 9.05. The first-order valence-electron chi connectivity index (χ1n) is 5.27. The molecule has 0 aromatic heterocycles. The van der Waals surface area contributed by atoms with Gasteiger partial charge in [0, 0.05) is 6.04 Å². The minimum Gasteiger partial charge on any atom is -0.465 e. The second-order valence-corrected chi connectivity index (χ2v) is 6.05. The number of carboxylic acid groups (broad SMARTS) is 1. The van der Waals surface area contributed by atoms with Crippen LogP contribution in [0.15, 0.2) is 0 Å². The third-order valence-corrected chi connectivity index (χ3v) is 3.90. The summed E-state index contributed by atoms with van der Waals surface area (Å²) < 4.78 is 27.5. The Hall–Kier alpha value is -0.820. The highest BCUT2D eigenvalue weighted by Crippen LogP contribution is 2.45. The van der Waals surface area contributed by atoms with Gasteiger partial charge in [0.05, 0.1) is 6.26 Å². The van der Waals surface area contributed by atoms with Crippen molar-refractivity contribution in [3.8, 4) is 0 Å². The van der Waals surface area contributed by atoms with Gasteiger partial charge in [-0.15, -0.1) is 0 Å². The minimum atomic E-state index is -3.64. The van der Waals surface area contributed by atoms with Crippen molar-refractivity contribution in [3.05, 3.63) is 0 Å². The lowest BCUT2D eigenvalue weighted by atomic mass is 10.0. The lowest BCUT2D eigenvalue weighted by molar-refractivity contribution is -0.0747. The first-order chi connectivity index (χ1) is 7.34. The third kappa shape index (κ3) is 1.89. The summed E-state index contributed by atoms with van der Waals surface area (Å²) in [6.07, 6.45) is 3.09. The molecule has 16 heavy (non-hydrogen) atoms. The predicted molar refractivity (Wildman–Crippen MR) is 55.4 cm³/mol. The number of nitrogens with zero attached hydrogens (tertiary/aromatic N) is 1. The zero-order valence-corrected chi connectivity index (χ0v) is 9.87. The van der Waals surface area contributed by atoms with E-state index in [1.54, 1.807) is 0 Å². The molecule has 7 heteroatoms. The predicted octanol–water partition coefficient (Wildman–Crippen LogP) is 0.985. The smallest absolute Gasteiger partial charge is 0.409 e. The van der Waals surface area contributed by atoms with Crippen molar-refractivity contribution in [2.75, 3.05) is 6.26 Å². The number of hydrogen-bond acceptors (Lipinski definition) is 4. The van der Waals surface area contributed by atoms with Crippen LogP contribution in [0.25, 0.3) is 0 Å². The Morgan fingerprint density at radius 3 is 2.69 bits per heavy atom. The Balaban J connectivity index is 2.32. The monoisotopic (exact) mass is 249 g/mol. The van der Waals surface area contributed by atoms with E-state index in [-0.39, 0.29) is 6.04 Å². The topological polar surface area (TPSA) is 83.9 Å². The molecule has 2 aliphatic rings. The van der Waals surface area contributed by atoms with Gasteiger partial charge in [-0.25, -0.2) is 8.98 Å². The van der Waals surface area contributed by atoms with Gasteiger partial charge in [0.1, 0.15) is 0 Å². The van der Waals surface area contributed by atoms with Gasteiger partial charge in [0.25, 0.3) is 10.1 Å². The highest BCUT2D eigenvalue weighted by atomic mass is 32.2. The fraction of sp³-hybridized carbons (Fsp3) is 0.889. The first kappa shape index (κ1) is 11.7. The highest BCUT2D eigenvalue weighted by Gasteiger charge is 2.54. The molecule has 0 aromatic rings. The molecular weight excluding hydrogens is 234 g/mol. The van der Waals surface area contributed by atoms with Crippen LogP contribution in [0.2, 0.25) is 0 Å². The molecule has 2 bridgehead atoms. The average Bonchev–Trinajstić information content (AvgIpc) is 2.31. The molecular formula is C9H15NO5S. The summed E-state index contributed by atoms with van der Waals surface area (Å²) in [5.74, 6) is 0. The Kier molecular flexibility index (Phi) is 2.62. The summed E-state index contributed by atoms with van der Waals surface area (Å²) in [5.41, 5.74) is -1.14. The fourth-order valence-corrected chi connectivity index (χ4v) is 3.65. The normalized spacial score (nSPS) is 34.1. The van der Waals surface area contributed by atoms with E-state index in [0.717, 1.165) is 19.1 Å². The average molecular weight is 249 g/mol. The Morgan fingerprint density at radius 1 is 1.44 bits per heavy atom. The molecule has 92 valence electrons. The summed E-state index contributed by atoms with van der Waals surface area (Å²) in [6.45, 7) is 0. The van der Waals surface area contributed by atoms with E-state index in [9.17, 15) is 13.2 Å². The number of amides is 1. The molecule has 6 nitrogen and oxygen atoms in total. The standard InChI is InChI=1S/C9H15NO5S/c1-16(13,14)15-9-5-2-3-7(4-6-9)10(9)8(11)12/h7H,2-6H2,1H3,(H,11,12). The van der Waals surface area contributed by atoms with E-state index < -0.39 is 21.9 Å². The largest absolute Gasteiger partial charge is 0.465 e. The van der Waals surface area contributed by atoms with Gasteiger partial charge in [0.15, 0.2) is 5.72 Å². The van der Waals surface area contributed by atoms with Crippen molar-refractivity contribution in [2.24, 2.45) is 0 Å². The van der Waals surface area contributed by atoms with Crippen molar-refractivity contribution in [3.63, 3.8) is 0 Å². The van der Waals surface area contributed by atoms with Crippen LogP contribution in [-0.4, -0.2) is 42.5 Å². The van der Waals surface area contributed by atoms with Crippen LogP contribution in [-0.2, 0) is 14.3 Å². The molecule has 2 saturated heterocycles. The van der Waals surface area contributed by atoms with E-state index in [2.05, 4.69) is 0 Å². The van der Waals surface area contributed by atoms with Gasteiger partial charge in [-0.3, -0.25) is 4.90 Å². The van der Waals surface area contributed by atoms with Gasteiger partial charge in [-0.1, -0.05) is 0 Å². The maximum Gasteiger partial charge on any atom is 0.409 e. The maximum atomic E-state index is 11.2. The van der Waals surface area contributed by atoms with Crippen LogP contribution in [0.4, 0.5) is 4.79 Å². The van der Waals surface area contributed by atoms with Crippen molar-refractivity contribution >= 4 is 16.2 Å². The van der Waals surface area contributed by atoms with Crippen LogP contribution in [0.3, 0.4) is 0 Å². The summed E-state index contributed by atoms with van der Waals surface area (Å²) in [5, 5.41) is 9.13. The van der Waals surface area contributed by atoms with Gasteiger partial charge >= 0.3 is 6.09 Å². The molecule has 0 aromatic carbocycles. The Labute approximate surface area is 94.3 Å². The number of rotatable bonds is 2. The quantitative estimate of drug-likeness (QED) is 0.738. The lowest BCUT2D eigenvalue weighted by Crippen LogP contribution is -2.55. The molecule has 2 rings (SSSR count). The van der Waals surface area contributed by atoms with Crippen LogP contribution in [0, 0.1) is 0 Å². The second-order valence-electron chi connectivity index (χ2n) is 4.47. The SMILES string of the molecule is CS(=O)(=O)OC12CCCC(CC1)N2C(=O)O. The van der Waals surface area contributed by atoms with E-state index in [0.29, 0.717) is 19.3 Å². The Bertz CT molecular complexity index is 402. The lowest BCUT2D eigenvalue weighted by Gasteiger charge is -2.41. The van der Waals surface area contributed by atoms with Crippen molar-refractivity contribution in [1.29, 1.82) is 0 Å². The van der Waals surface area contributed by atoms with Gasteiger partial charge in [-0.05, 0) is 32.1 Å². The summed E-state index contributed by atoms with van der Waals surface area (Å²) >= 11 is 0. The second kappa shape index (κ2) is 3.59. The van der Waals surface area contributed by atoms with Crippen molar-refractivity contribution in [2.45, 2.75) is 43.9 Å². The van der Waals surface area contributed by atoms with Crippen LogP contribution in [0.5, 0.6) is 0 Å². The molecule has 0 radical (unpaired) electrons. The van der Waals surface area contributed by atoms with E-state index >= 15 is 0 Å². The molecule has 0 spiro atoms. The molecule has 2 atom stereocenters. The van der Waals surface area contributed by atoms with Gasteiger partial charge in [0.2, 0.25) is 0 Å². The molecule has 2 heterocycles. The summed E-state index contributed by atoms with van der Waals surface area (Å²) in [7, 11) is -3.64. The molecule has 2 unspecified atom stereocenters. The van der Waals surface area contributed by atoms with E-state index in [1.807, 2.05) is 0 Å². The number of hydrogen-bond donors (Lipinski definition) is 1. The van der Waals surface area contributed by atoms with Crippen LogP contribution in [0.1, 0.15) is 32.1 Å². The Morgan fingerprint density at radius 2 is 2.12 bits per heavy atom. The van der Waals surface area contributed by atoms with Crippen LogP contribution < -0.4 is 0 Å². The molecule has 2 aliphatic heterocycles. The molecule has 0 saturated carbocycles. The van der Waals surface area contributed by atoms with Crippen molar-refractivity contribution in [1.82, 2.24) is 4.90 Å². The zero-order chi connectivity index (χ0) is 12.0. The van der Waals surface area contributed by atoms with Gasteiger partial charge in [-0.2, -0.15) is 8.42 Å². The third-order valence-electron chi connectivity index (χ3n) is 3.29. The molecule has 1 amide bonds. The number of carbonyl (C=O) groups is 1. The maximum absolute atomic E-state index is 11.2.